The molecule has 2 amide bonds. The quantitative estimate of drug-likeness (QED) is 0.464. The van der Waals surface area contributed by atoms with E-state index in [1.807, 2.05) is 32.0 Å². The summed E-state index contributed by atoms with van der Waals surface area (Å²) in [6.07, 6.45) is 5.20. The number of nitrogens with zero attached hydrogens (tertiary/aromatic N) is 2. The van der Waals surface area contributed by atoms with Crippen molar-refractivity contribution in [2.45, 2.75) is 71.1 Å². The fraction of sp³-hybridized carbons (Fsp3) is 0.576. The van der Waals surface area contributed by atoms with Gasteiger partial charge in [0.15, 0.2) is 0 Å². The molecule has 2 aliphatic rings. The predicted molar refractivity (Wildman–Crippen MR) is 161 cm³/mol. The van der Waals surface area contributed by atoms with Crippen LogP contribution in [-0.4, -0.2) is 84.9 Å². The van der Waals surface area contributed by atoms with E-state index in [1.165, 1.54) is 12.8 Å². The minimum Gasteiger partial charge on any atom is -0.490 e. The first-order valence-electron chi connectivity index (χ1n) is 15.1. The van der Waals surface area contributed by atoms with Crippen LogP contribution in [0.2, 0.25) is 0 Å². The van der Waals surface area contributed by atoms with Crippen molar-refractivity contribution in [3.8, 4) is 5.75 Å². The maximum Gasteiger partial charge on any atom is 0.258 e. The summed E-state index contributed by atoms with van der Waals surface area (Å²) in [5.74, 6) is 0.825. The fourth-order valence-corrected chi connectivity index (χ4v) is 5.38. The molecule has 2 N–H and O–H groups in total. The molecular weight excluding hydrogens is 518 g/mol. The molecule has 0 saturated heterocycles. The zero-order valence-corrected chi connectivity index (χ0v) is 25.1. The van der Waals surface area contributed by atoms with E-state index < -0.39 is 6.04 Å². The number of benzene rings is 2. The summed E-state index contributed by atoms with van der Waals surface area (Å²) in [6.45, 7) is 8.80. The second-order valence-corrected chi connectivity index (χ2v) is 12.0. The molecule has 0 bridgehead atoms. The normalized spacial score (nSPS) is 23.3. The molecule has 2 aromatic carbocycles. The summed E-state index contributed by atoms with van der Waals surface area (Å²) in [6, 6.07) is 13.8. The molecule has 0 unspecified atom stereocenters. The Balaban J connectivity index is 1.62. The molecule has 4 atom stereocenters. The van der Waals surface area contributed by atoms with Crippen molar-refractivity contribution >= 4 is 17.5 Å². The van der Waals surface area contributed by atoms with Gasteiger partial charge in [0.2, 0.25) is 0 Å². The second kappa shape index (κ2) is 14.8. The van der Waals surface area contributed by atoms with Crippen LogP contribution in [0.4, 0.5) is 5.69 Å². The van der Waals surface area contributed by atoms with Crippen LogP contribution in [0.5, 0.6) is 5.75 Å². The number of rotatable bonds is 8. The van der Waals surface area contributed by atoms with Gasteiger partial charge in [0.25, 0.3) is 11.8 Å². The summed E-state index contributed by atoms with van der Waals surface area (Å²) >= 11 is 0. The maximum atomic E-state index is 14.2. The van der Waals surface area contributed by atoms with E-state index >= 15 is 0 Å². The van der Waals surface area contributed by atoms with Crippen LogP contribution in [0.3, 0.4) is 0 Å². The van der Waals surface area contributed by atoms with Crippen LogP contribution >= 0.6 is 0 Å². The van der Waals surface area contributed by atoms with E-state index in [2.05, 4.69) is 24.2 Å². The van der Waals surface area contributed by atoms with Crippen molar-refractivity contribution < 1.29 is 24.2 Å². The van der Waals surface area contributed by atoms with Gasteiger partial charge in [-0.05, 0) is 89.2 Å². The molecule has 0 spiro atoms. The fourth-order valence-electron chi connectivity index (χ4n) is 5.38. The SMILES string of the molecule is C[C@@H]1CCCCO[C@@H](CN(C)CC2CC2)[C@@H](C)CN([C@H](C)CO)C(=O)c2cc(NC(=O)c3ccccc3)ccc2O1. The molecule has 8 nitrogen and oxygen atoms in total. The largest absolute Gasteiger partial charge is 0.490 e. The Morgan fingerprint density at radius 2 is 1.85 bits per heavy atom. The van der Waals surface area contributed by atoms with Gasteiger partial charge in [-0.15, -0.1) is 0 Å². The lowest BCUT2D eigenvalue weighted by molar-refractivity contribution is -0.0172. The van der Waals surface area contributed by atoms with Crippen LogP contribution in [0.15, 0.2) is 48.5 Å². The minimum absolute atomic E-state index is 0.0347. The van der Waals surface area contributed by atoms with E-state index in [9.17, 15) is 14.7 Å². The van der Waals surface area contributed by atoms with Crippen LogP contribution in [-0.2, 0) is 4.74 Å². The molecule has 1 aliphatic heterocycles. The molecule has 8 heteroatoms. The van der Waals surface area contributed by atoms with Crippen molar-refractivity contribution in [2.75, 3.05) is 45.2 Å². The zero-order chi connectivity index (χ0) is 29.4. The lowest BCUT2D eigenvalue weighted by Crippen LogP contribution is -2.47. The molecule has 1 saturated carbocycles. The van der Waals surface area contributed by atoms with Crippen molar-refractivity contribution in [2.24, 2.45) is 11.8 Å². The summed E-state index contributed by atoms with van der Waals surface area (Å²) in [5, 5.41) is 13.1. The number of hydrogen-bond acceptors (Lipinski definition) is 6. The Morgan fingerprint density at radius 1 is 1.10 bits per heavy atom. The summed E-state index contributed by atoms with van der Waals surface area (Å²) < 4.78 is 12.7. The molecule has 1 aliphatic carbocycles. The average Bonchev–Trinajstić information content (AvgIpc) is 3.78. The molecule has 0 aromatic heterocycles. The number of hydrogen-bond donors (Lipinski definition) is 2. The van der Waals surface area contributed by atoms with E-state index in [0.717, 1.165) is 38.3 Å². The first kappa shape index (κ1) is 31.0. The number of nitrogens with one attached hydrogen (secondary N) is 1. The number of anilines is 1. The number of fused-ring (bicyclic) bond motifs is 1. The molecule has 4 rings (SSSR count). The van der Waals surface area contributed by atoms with E-state index in [4.69, 9.17) is 9.47 Å². The topological polar surface area (TPSA) is 91.3 Å². The molecule has 41 heavy (non-hydrogen) atoms. The van der Waals surface area contributed by atoms with Crippen LogP contribution < -0.4 is 10.1 Å². The highest BCUT2D eigenvalue weighted by Crippen LogP contribution is 2.31. The van der Waals surface area contributed by atoms with Gasteiger partial charge in [-0.2, -0.15) is 0 Å². The Bertz CT molecular complexity index is 1140. The number of likely N-dealkylation sites (N-methyl/N-ethyl adjacent to an activating group) is 1. The molecule has 0 radical (unpaired) electrons. The monoisotopic (exact) mass is 565 g/mol. The summed E-state index contributed by atoms with van der Waals surface area (Å²) in [4.78, 5) is 31.2. The van der Waals surface area contributed by atoms with E-state index in [0.29, 0.717) is 35.7 Å². The molecule has 2 aromatic rings. The van der Waals surface area contributed by atoms with Crippen molar-refractivity contribution in [3.05, 3.63) is 59.7 Å². The highest BCUT2D eigenvalue weighted by Gasteiger charge is 2.31. The number of carbonyl (C=O) groups excluding carboxylic acids is 2. The number of amides is 2. The van der Waals surface area contributed by atoms with Crippen molar-refractivity contribution in [3.63, 3.8) is 0 Å². The third kappa shape index (κ3) is 9.02. The van der Waals surface area contributed by atoms with Gasteiger partial charge in [0.1, 0.15) is 5.75 Å². The number of ether oxygens (including phenoxy) is 2. The molecular formula is C33H47N3O5. The van der Waals surface area contributed by atoms with Gasteiger partial charge in [-0.3, -0.25) is 9.59 Å². The minimum atomic E-state index is -0.407. The summed E-state index contributed by atoms with van der Waals surface area (Å²) in [7, 11) is 2.15. The van der Waals surface area contributed by atoms with Gasteiger partial charge in [-0.25, -0.2) is 0 Å². The van der Waals surface area contributed by atoms with Crippen LogP contribution in [0.1, 0.15) is 73.6 Å². The van der Waals surface area contributed by atoms with Crippen molar-refractivity contribution in [1.82, 2.24) is 9.80 Å². The maximum absolute atomic E-state index is 14.2. The Hall–Kier alpha value is -2.94. The second-order valence-electron chi connectivity index (χ2n) is 12.0. The third-order valence-electron chi connectivity index (χ3n) is 8.10. The van der Waals surface area contributed by atoms with Gasteiger partial charge in [-0.1, -0.05) is 25.1 Å². The standard InChI is InChI=1S/C33H47N3O5/c1-23-19-36(24(2)22-37)33(39)29-18-28(34-32(38)27-11-6-5-7-12-27)15-16-30(29)41-25(3)10-8-9-17-40-31(23)21-35(4)20-26-13-14-26/h5-7,11-12,15-16,18,23-26,31,37H,8-10,13-14,17,19-22H2,1-4H3,(H,34,38)/t23-,24+,25+,31-/m0/s1. The zero-order valence-electron chi connectivity index (χ0n) is 25.1. The first-order chi connectivity index (χ1) is 19.7. The molecule has 1 heterocycles. The lowest BCUT2D eigenvalue weighted by Gasteiger charge is -2.36. The lowest BCUT2D eigenvalue weighted by atomic mass is 10.0. The average molecular weight is 566 g/mol. The van der Waals surface area contributed by atoms with E-state index in [1.54, 1.807) is 35.2 Å². The number of aliphatic hydroxyl groups is 1. The van der Waals surface area contributed by atoms with Gasteiger partial charge < -0.3 is 29.7 Å². The van der Waals surface area contributed by atoms with Gasteiger partial charge >= 0.3 is 0 Å². The smallest absolute Gasteiger partial charge is 0.258 e. The van der Waals surface area contributed by atoms with Gasteiger partial charge in [0, 0.05) is 43.4 Å². The predicted octanol–water partition coefficient (Wildman–Crippen LogP) is 5.08. The Labute approximate surface area is 245 Å². The highest BCUT2D eigenvalue weighted by molar-refractivity contribution is 6.05. The Morgan fingerprint density at radius 3 is 2.56 bits per heavy atom. The van der Waals surface area contributed by atoms with E-state index in [-0.39, 0.29) is 36.5 Å². The number of aliphatic hydroxyl groups excluding tert-OH is 1. The molecule has 224 valence electrons. The Kier molecular flexibility index (Phi) is 11.2. The third-order valence-corrected chi connectivity index (χ3v) is 8.10. The summed E-state index contributed by atoms with van der Waals surface area (Å²) in [5.41, 5.74) is 1.41. The van der Waals surface area contributed by atoms with Crippen molar-refractivity contribution in [1.29, 1.82) is 0 Å². The van der Waals surface area contributed by atoms with Crippen LogP contribution in [0.25, 0.3) is 0 Å². The highest BCUT2D eigenvalue weighted by atomic mass is 16.5. The first-order valence-corrected chi connectivity index (χ1v) is 15.1. The van der Waals surface area contributed by atoms with Crippen LogP contribution in [0, 0.1) is 11.8 Å². The number of carbonyl (C=O) groups is 2. The molecule has 1 fully saturated rings. The van der Waals surface area contributed by atoms with Gasteiger partial charge in [0.05, 0.1) is 30.4 Å².